The topological polar surface area (TPSA) is 32.9 Å². The van der Waals surface area contributed by atoms with E-state index in [1.807, 2.05) is 26.0 Å². The molecule has 0 amide bonds. The number of aromatic nitrogens is 1. The maximum Gasteiger partial charge on any atom is 0.268 e. The van der Waals surface area contributed by atoms with E-state index in [2.05, 4.69) is 4.98 Å². The lowest BCUT2D eigenvalue weighted by molar-refractivity contribution is 0.107. The number of rotatable bonds is 1. The number of hydrogen-bond acceptors (Lipinski definition) is 1. The largest absolute Gasteiger partial charge is 0.351 e. The number of hydrogen-bond donors (Lipinski definition) is 1. The molecule has 0 radical (unpaired) electrons. The van der Waals surface area contributed by atoms with E-state index in [0.29, 0.717) is 5.69 Å². The third-order valence-electron chi connectivity index (χ3n) is 2.56. The van der Waals surface area contributed by atoms with Gasteiger partial charge in [0.2, 0.25) is 0 Å². The van der Waals surface area contributed by atoms with E-state index in [4.69, 9.17) is 11.6 Å². The summed E-state index contributed by atoms with van der Waals surface area (Å²) >= 11 is 5.40. The van der Waals surface area contributed by atoms with Crippen molar-refractivity contribution >= 4 is 27.7 Å². The van der Waals surface area contributed by atoms with Crippen LogP contribution in [-0.4, -0.2) is 10.2 Å². The van der Waals surface area contributed by atoms with E-state index in [1.165, 1.54) is 11.1 Å². The summed E-state index contributed by atoms with van der Waals surface area (Å²) in [7, 11) is 0. The first-order chi connectivity index (χ1) is 6.59. The Hall–Kier alpha value is -1.28. The number of benzene rings is 1. The van der Waals surface area contributed by atoms with Gasteiger partial charge in [-0.2, -0.15) is 0 Å². The van der Waals surface area contributed by atoms with Gasteiger partial charge >= 0.3 is 0 Å². The summed E-state index contributed by atoms with van der Waals surface area (Å²) < 4.78 is 0. The Labute approximate surface area is 86.9 Å². The van der Waals surface area contributed by atoms with E-state index in [0.717, 1.165) is 10.9 Å². The first kappa shape index (κ1) is 9.28. The maximum atomic E-state index is 10.9. The van der Waals surface area contributed by atoms with Gasteiger partial charge in [-0.15, -0.1) is 0 Å². The summed E-state index contributed by atoms with van der Waals surface area (Å²) in [6.07, 6.45) is 0. The van der Waals surface area contributed by atoms with Crippen LogP contribution in [0.4, 0.5) is 0 Å². The van der Waals surface area contributed by atoms with Gasteiger partial charge in [-0.1, -0.05) is 6.07 Å². The third kappa shape index (κ3) is 1.32. The molecule has 0 aliphatic carbocycles. The molecule has 0 saturated carbocycles. The summed E-state index contributed by atoms with van der Waals surface area (Å²) in [6, 6.07) is 5.78. The normalized spacial score (nSPS) is 10.8. The summed E-state index contributed by atoms with van der Waals surface area (Å²) in [5.41, 5.74) is 3.81. The molecule has 0 atom stereocenters. The van der Waals surface area contributed by atoms with Gasteiger partial charge < -0.3 is 4.98 Å². The Bertz CT molecular complexity index is 513. The van der Waals surface area contributed by atoms with E-state index < -0.39 is 5.24 Å². The average molecular weight is 208 g/mol. The molecule has 14 heavy (non-hydrogen) atoms. The Kier molecular flexibility index (Phi) is 2.08. The number of fused-ring (bicyclic) bond motifs is 1. The Morgan fingerprint density at radius 2 is 2.07 bits per heavy atom. The number of nitrogens with one attached hydrogen (secondary N) is 1. The van der Waals surface area contributed by atoms with Crippen molar-refractivity contribution in [3.05, 3.63) is 35.0 Å². The van der Waals surface area contributed by atoms with E-state index in [-0.39, 0.29) is 0 Å². The zero-order chi connectivity index (χ0) is 10.3. The van der Waals surface area contributed by atoms with Crippen LogP contribution in [-0.2, 0) is 0 Å². The van der Waals surface area contributed by atoms with Crippen LogP contribution in [0.1, 0.15) is 21.6 Å². The minimum absolute atomic E-state index is 0.446. The first-order valence-electron chi connectivity index (χ1n) is 4.38. The second-order valence-corrected chi connectivity index (χ2v) is 3.77. The molecule has 0 spiro atoms. The molecular weight excluding hydrogens is 198 g/mol. The third-order valence-corrected chi connectivity index (χ3v) is 2.76. The van der Waals surface area contributed by atoms with Gasteiger partial charge in [-0.05, 0) is 48.7 Å². The highest BCUT2D eigenvalue weighted by Crippen LogP contribution is 2.22. The number of aromatic amines is 1. The van der Waals surface area contributed by atoms with Crippen molar-refractivity contribution in [1.82, 2.24) is 4.98 Å². The van der Waals surface area contributed by atoms with Crippen molar-refractivity contribution in [2.24, 2.45) is 0 Å². The number of H-pyrrole nitrogens is 1. The molecular formula is C11H10ClNO. The fraction of sp³-hybridized carbons (Fsp3) is 0.182. The van der Waals surface area contributed by atoms with Crippen LogP contribution in [0.25, 0.3) is 10.9 Å². The molecule has 72 valence electrons. The molecule has 0 aliphatic heterocycles. The van der Waals surface area contributed by atoms with E-state index in [9.17, 15) is 4.79 Å². The van der Waals surface area contributed by atoms with Crippen molar-refractivity contribution in [2.45, 2.75) is 13.8 Å². The van der Waals surface area contributed by atoms with Gasteiger partial charge in [0, 0.05) is 10.9 Å². The summed E-state index contributed by atoms with van der Waals surface area (Å²) in [5.74, 6) is 0. The van der Waals surface area contributed by atoms with Crippen LogP contribution in [0.3, 0.4) is 0 Å². The average Bonchev–Trinajstić information content (AvgIpc) is 2.56. The maximum absolute atomic E-state index is 10.9. The lowest BCUT2D eigenvalue weighted by Crippen LogP contribution is -1.85. The smallest absolute Gasteiger partial charge is 0.268 e. The van der Waals surface area contributed by atoms with Crippen LogP contribution in [0, 0.1) is 13.8 Å². The predicted octanol–water partition coefficient (Wildman–Crippen LogP) is 3.16. The SMILES string of the molecule is Cc1ccc2[nH]c(C(=O)Cl)cc2c1C. The lowest BCUT2D eigenvalue weighted by Gasteiger charge is -1.99. The zero-order valence-corrected chi connectivity index (χ0v) is 8.77. The molecule has 1 heterocycles. The number of carbonyl (C=O) groups is 1. The number of halogens is 1. The molecule has 2 nitrogen and oxygen atoms in total. The van der Waals surface area contributed by atoms with Crippen molar-refractivity contribution in [3.63, 3.8) is 0 Å². The quantitative estimate of drug-likeness (QED) is 0.716. The van der Waals surface area contributed by atoms with Crippen LogP contribution >= 0.6 is 11.6 Å². The van der Waals surface area contributed by atoms with Crippen molar-refractivity contribution in [2.75, 3.05) is 0 Å². The monoisotopic (exact) mass is 207 g/mol. The van der Waals surface area contributed by atoms with E-state index >= 15 is 0 Å². The Morgan fingerprint density at radius 3 is 2.71 bits per heavy atom. The minimum atomic E-state index is -0.446. The molecule has 0 unspecified atom stereocenters. The second kappa shape index (κ2) is 3.14. The van der Waals surface area contributed by atoms with Crippen LogP contribution < -0.4 is 0 Å². The van der Waals surface area contributed by atoms with Gasteiger partial charge in [0.1, 0.15) is 0 Å². The minimum Gasteiger partial charge on any atom is -0.351 e. The zero-order valence-electron chi connectivity index (χ0n) is 8.02. The highest BCUT2D eigenvalue weighted by atomic mass is 35.5. The molecule has 2 rings (SSSR count). The van der Waals surface area contributed by atoms with Gasteiger partial charge in [0.25, 0.3) is 5.24 Å². The highest BCUT2D eigenvalue weighted by molar-refractivity contribution is 6.67. The number of aryl methyl sites for hydroxylation is 2. The molecule has 1 aromatic carbocycles. The van der Waals surface area contributed by atoms with Crippen LogP contribution in [0.5, 0.6) is 0 Å². The van der Waals surface area contributed by atoms with Gasteiger partial charge in [-0.25, -0.2) is 0 Å². The summed E-state index contributed by atoms with van der Waals surface area (Å²) in [6.45, 7) is 4.08. The molecule has 0 fully saturated rings. The van der Waals surface area contributed by atoms with Crippen molar-refractivity contribution in [3.8, 4) is 0 Å². The van der Waals surface area contributed by atoms with Crippen molar-refractivity contribution < 1.29 is 4.79 Å². The van der Waals surface area contributed by atoms with Crippen molar-refractivity contribution in [1.29, 1.82) is 0 Å². The molecule has 0 aliphatic rings. The Balaban J connectivity index is 2.77. The standard InChI is InChI=1S/C11H10ClNO/c1-6-3-4-9-8(7(6)2)5-10(13-9)11(12)14/h3-5,13H,1-2H3. The molecule has 0 saturated heterocycles. The summed E-state index contributed by atoms with van der Waals surface area (Å²) in [5, 5.41) is 0.618. The van der Waals surface area contributed by atoms with Crippen LogP contribution in [0.2, 0.25) is 0 Å². The van der Waals surface area contributed by atoms with Gasteiger partial charge in [0.05, 0.1) is 5.69 Å². The molecule has 0 bridgehead atoms. The fourth-order valence-electron chi connectivity index (χ4n) is 1.56. The molecule has 3 heteroatoms. The van der Waals surface area contributed by atoms with Gasteiger partial charge in [0.15, 0.2) is 0 Å². The second-order valence-electron chi connectivity index (χ2n) is 3.43. The molecule has 1 aromatic heterocycles. The lowest BCUT2D eigenvalue weighted by atomic mass is 10.1. The fourth-order valence-corrected chi connectivity index (χ4v) is 1.67. The predicted molar refractivity (Wildman–Crippen MR) is 58.0 cm³/mol. The molecule has 1 N–H and O–H groups in total. The first-order valence-corrected chi connectivity index (χ1v) is 4.76. The Morgan fingerprint density at radius 1 is 1.36 bits per heavy atom. The van der Waals surface area contributed by atoms with E-state index in [1.54, 1.807) is 6.07 Å². The highest BCUT2D eigenvalue weighted by Gasteiger charge is 2.08. The molecule has 2 aromatic rings. The van der Waals surface area contributed by atoms with Crippen LogP contribution in [0.15, 0.2) is 18.2 Å². The summed E-state index contributed by atoms with van der Waals surface area (Å²) in [4.78, 5) is 13.9. The van der Waals surface area contributed by atoms with Gasteiger partial charge in [-0.3, -0.25) is 4.79 Å². The number of carbonyl (C=O) groups excluding carboxylic acids is 1.